The SMILES string of the molecule is Cc1ccc(C(=O)c2ccc3oc(=O)ccc3c2)c(O)c1. The summed E-state index contributed by atoms with van der Waals surface area (Å²) in [6.07, 6.45) is 0. The molecule has 1 N–H and O–H groups in total. The van der Waals surface area contributed by atoms with E-state index in [0.717, 1.165) is 5.56 Å². The van der Waals surface area contributed by atoms with Crippen LogP contribution in [0.1, 0.15) is 21.5 Å². The van der Waals surface area contributed by atoms with Crippen molar-refractivity contribution < 1.29 is 14.3 Å². The molecule has 0 radical (unpaired) electrons. The minimum atomic E-state index is -0.433. The third-order valence-electron chi connectivity index (χ3n) is 3.28. The number of benzene rings is 2. The number of rotatable bonds is 2. The van der Waals surface area contributed by atoms with Gasteiger partial charge in [0.05, 0.1) is 5.56 Å². The maximum Gasteiger partial charge on any atom is 0.336 e. The van der Waals surface area contributed by atoms with Crippen LogP contribution in [0.3, 0.4) is 0 Å². The van der Waals surface area contributed by atoms with Gasteiger partial charge in [0.1, 0.15) is 11.3 Å². The smallest absolute Gasteiger partial charge is 0.336 e. The van der Waals surface area contributed by atoms with Gasteiger partial charge in [0.2, 0.25) is 0 Å². The van der Waals surface area contributed by atoms with Crippen molar-refractivity contribution in [1.29, 1.82) is 0 Å². The Hall–Kier alpha value is -2.88. The first-order valence-electron chi connectivity index (χ1n) is 6.43. The molecule has 3 aromatic rings. The molecule has 0 fully saturated rings. The van der Waals surface area contributed by atoms with Crippen molar-refractivity contribution in [3.8, 4) is 5.75 Å². The van der Waals surface area contributed by atoms with Crippen molar-refractivity contribution in [3.05, 3.63) is 75.6 Å². The van der Waals surface area contributed by atoms with Gasteiger partial charge in [-0.15, -0.1) is 0 Å². The fourth-order valence-electron chi connectivity index (χ4n) is 2.20. The summed E-state index contributed by atoms with van der Waals surface area (Å²) in [5.41, 5.74) is 1.54. The predicted octanol–water partition coefficient (Wildman–Crippen LogP) is 3.04. The van der Waals surface area contributed by atoms with E-state index in [9.17, 15) is 14.7 Å². The van der Waals surface area contributed by atoms with Crippen LogP contribution < -0.4 is 5.63 Å². The first kappa shape index (κ1) is 13.1. The molecule has 4 heteroatoms. The first-order valence-corrected chi connectivity index (χ1v) is 6.43. The van der Waals surface area contributed by atoms with Gasteiger partial charge in [-0.3, -0.25) is 4.79 Å². The van der Waals surface area contributed by atoms with Crippen LogP contribution in [0.2, 0.25) is 0 Å². The molecule has 0 spiro atoms. The monoisotopic (exact) mass is 280 g/mol. The highest BCUT2D eigenvalue weighted by Gasteiger charge is 2.14. The maximum absolute atomic E-state index is 12.4. The van der Waals surface area contributed by atoms with Crippen LogP contribution in [0, 0.1) is 6.92 Å². The van der Waals surface area contributed by atoms with Crippen LogP contribution in [0.4, 0.5) is 0 Å². The summed E-state index contributed by atoms with van der Waals surface area (Å²) in [4.78, 5) is 23.6. The van der Waals surface area contributed by atoms with E-state index in [4.69, 9.17) is 4.42 Å². The average Bonchev–Trinajstić information content (AvgIpc) is 2.46. The third kappa shape index (κ3) is 2.43. The predicted molar refractivity (Wildman–Crippen MR) is 78.8 cm³/mol. The van der Waals surface area contributed by atoms with Crippen LogP contribution >= 0.6 is 0 Å². The second-order valence-electron chi connectivity index (χ2n) is 4.86. The van der Waals surface area contributed by atoms with Gasteiger partial charge in [0, 0.05) is 17.0 Å². The molecule has 21 heavy (non-hydrogen) atoms. The van der Waals surface area contributed by atoms with Crippen molar-refractivity contribution in [1.82, 2.24) is 0 Å². The van der Waals surface area contributed by atoms with Gasteiger partial charge < -0.3 is 9.52 Å². The zero-order valence-electron chi connectivity index (χ0n) is 11.3. The van der Waals surface area contributed by atoms with Crippen molar-refractivity contribution in [2.75, 3.05) is 0 Å². The molecule has 0 unspecified atom stereocenters. The number of phenols is 1. The molecular weight excluding hydrogens is 268 g/mol. The zero-order chi connectivity index (χ0) is 15.0. The number of aromatic hydroxyl groups is 1. The largest absolute Gasteiger partial charge is 0.507 e. The Bertz CT molecular complexity index is 906. The van der Waals surface area contributed by atoms with E-state index in [1.165, 1.54) is 6.07 Å². The molecule has 0 saturated heterocycles. The minimum absolute atomic E-state index is 0.0420. The Morgan fingerprint density at radius 2 is 1.86 bits per heavy atom. The topological polar surface area (TPSA) is 67.5 Å². The molecule has 4 nitrogen and oxygen atoms in total. The van der Waals surface area contributed by atoms with Gasteiger partial charge in [-0.25, -0.2) is 4.79 Å². The lowest BCUT2D eigenvalue weighted by Gasteiger charge is -2.05. The van der Waals surface area contributed by atoms with Crippen molar-refractivity contribution in [3.63, 3.8) is 0 Å². The second-order valence-corrected chi connectivity index (χ2v) is 4.86. The molecule has 2 aromatic carbocycles. The Morgan fingerprint density at radius 3 is 2.62 bits per heavy atom. The van der Waals surface area contributed by atoms with Crippen LogP contribution in [-0.2, 0) is 0 Å². The van der Waals surface area contributed by atoms with Gasteiger partial charge in [0.25, 0.3) is 0 Å². The number of fused-ring (bicyclic) bond motifs is 1. The van der Waals surface area contributed by atoms with E-state index in [2.05, 4.69) is 0 Å². The molecule has 104 valence electrons. The lowest BCUT2D eigenvalue weighted by atomic mass is 10.00. The highest BCUT2D eigenvalue weighted by Crippen LogP contribution is 2.23. The molecule has 0 amide bonds. The Balaban J connectivity index is 2.09. The molecule has 1 aromatic heterocycles. The van der Waals surface area contributed by atoms with Gasteiger partial charge in [-0.1, -0.05) is 6.07 Å². The Labute approximate surface area is 120 Å². The summed E-state index contributed by atoms with van der Waals surface area (Å²) in [7, 11) is 0. The minimum Gasteiger partial charge on any atom is -0.507 e. The van der Waals surface area contributed by atoms with Crippen molar-refractivity contribution >= 4 is 16.8 Å². The quantitative estimate of drug-likeness (QED) is 0.578. The summed E-state index contributed by atoms with van der Waals surface area (Å²) in [6, 6.07) is 12.6. The van der Waals surface area contributed by atoms with E-state index in [0.29, 0.717) is 16.5 Å². The van der Waals surface area contributed by atoms with Gasteiger partial charge in [-0.05, 0) is 48.9 Å². The zero-order valence-corrected chi connectivity index (χ0v) is 11.3. The van der Waals surface area contributed by atoms with Gasteiger partial charge >= 0.3 is 5.63 Å². The standard InChI is InChI=1S/C17H12O4/c1-10-2-5-13(14(18)8-10)17(20)12-3-6-15-11(9-12)4-7-16(19)21-15/h2-9,18H,1H3. The highest BCUT2D eigenvalue weighted by atomic mass is 16.4. The number of ketones is 1. The summed E-state index contributed by atoms with van der Waals surface area (Å²) >= 11 is 0. The van der Waals surface area contributed by atoms with E-state index in [1.54, 1.807) is 42.5 Å². The number of hydrogen-bond acceptors (Lipinski definition) is 4. The van der Waals surface area contributed by atoms with E-state index in [1.807, 2.05) is 6.92 Å². The lowest BCUT2D eigenvalue weighted by Crippen LogP contribution is -2.02. The number of aryl methyl sites for hydroxylation is 1. The lowest BCUT2D eigenvalue weighted by molar-refractivity contribution is 0.103. The normalized spacial score (nSPS) is 10.7. The fourth-order valence-corrected chi connectivity index (χ4v) is 2.20. The number of hydrogen-bond donors (Lipinski definition) is 1. The molecule has 1 heterocycles. The number of carbonyl (C=O) groups is 1. The maximum atomic E-state index is 12.4. The van der Waals surface area contributed by atoms with Crippen LogP contribution in [0.25, 0.3) is 11.0 Å². The van der Waals surface area contributed by atoms with Crippen molar-refractivity contribution in [2.45, 2.75) is 6.92 Å². The summed E-state index contributed by atoms with van der Waals surface area (Å²) < 4.78 is 5.03. The fraction of sp³-hybridized carbons (Fsp3) is 0.0588. The molecule has 0 aliphatic rings. The number of carbonyl (C=O) groups excluding carboxylic acids is 1. The molecular formula is C17H12O4. The summed E-state index contributed by atoms with van der Waals surface area (Å²) in [6.45, 7) is 1.84. The van der Waals surface area contributed by atoms with Crippen LogP contribution in [0.5, 0.6) is 5.75 Å². The molecule has 0 aliphatic carbocycles. The molecule has 0 bridgehead atoms. The van der Waals surface area contributed by atoms with Crippen LogP contribution in [0.15, 0.2) is 57.7 Å². The van der Waals surface area contributed by atoms with Crippen LogP contribution in [-0.4, -0.2) is 10.9 Å². The van der Waals surface area contributed by atoms with Gasteiger partial charge in [-0.2, -0.15) is 0 Å². The molecule has 3 rings (SSSR count). The van der Waals surface area contributed by atoms with E-state index in [-0.39, 0.29) is 17.1 Å². The second kappa shape index (κ2) is 4.90. The van der Waals surface area contributed by atoms with E-state index < -0.39 is 5.63 Å². The van der Waals surface area contributed by atoms with E-state index >= 15 is 0 Å². The highest BCUT2D eigenvalue weighted by molar-refractivity contribution is 6.11. The number of phenolic OH excluding ortho intramolecular Hbond substituents is 1. The first-order chi connectivity index (χ1) is 10.0. The summed E-state index contributed by atoms with van der Waals surface area (Å²) in [5, 5.41) is 10.6. The summed E-state index contributed by atoms with van der Waals surface area (Å²) in [5.74, 6) is -0.319. The van der Waals surface area contributed by atoms with Crippen molar-refractivity contribution in [2.24, 2.45) is 0 Å². The molecule has 0 aliphatic heterocycles. The third-order valence-corrected chi connectivity index (χ3v) is 3.28. The molecule has 0 atom stereocenters. The van der Waals surface area contributed by atoms with Gasteiger partial charge in [0.15, 0.2) is 5.78 Å². The Kier molecular flexibility index (Phi) is 3.06. The average molecular weight is 280 g/mol. The molecule has 0 saturated carbocycles. The Morgan fingerprint density at radius 1 is 1.05 bits per heavy atom.